The number of rotatable bonds is 4. The van der Waals surface area contributed by atoms with Gasteiger partial charge in [0, 0.05) is 12.6 Å². The van der Waals surface area contributed by atoms with Crippen molar-refractivity contribution in [1.82, 2.24) is 5.32 Å². The fourth-order valence-corrected chi connectivity index (χ4v) is 3.95. The van der Waals surface area contributed by atoms with E-state index in [9.17, 15) is 13.2 Å². The first kappa shape index (κ1) is 13.3. The minimum absolute atomic E-state index is 0.100. The second-order valence-electron chi connectivity index (χ2n) is 5.18. The number of hydrogen-bond donors (Lipinski definition) is 2. The first-order valence-electron chi connectivity index (χ1n) is 6.55. The number of sulfone groups is 1. The number of carbonyl (C=O) groups is 1. The molecule has 1 aliphatic heterocycles. The Labute approximate surface area is 117 Å². The van der Waals surface area contributed by atoms with Crippen molar-refractivity contribution >= 4 is 21.9 Å². The lowest BCUT2D eigenvalue weighted by molar-refractivity contribution is 0.0696. The number of hydrogen-bond acceptors (Lipinski definition) is 4. The number of nitrogens with one attached hydrogen (secondary N) is 1. The first-order chi connectivity index (χ1) is 9.48. The Bertz CT molecular complexity index is 702. The molecule has 20 heavy (non-hydrogen) atoms. The summed E-state index contributed by atoms with van der Waals surface area (Å²) in [5.41, 5.74) is 0.568. The third-order valence-electron chi connectivity index (χ3n) is 3.88. The first-order valence-corrected chi connectivity index (χ1v) is 8.03. The molecular weight excluding hydrogens is 278 g/mol. The quantitative estimate of drug-likeness (QED) is 0.882. The second-order valence-corrected chi connectivity index (χ2v) is 7.15. The molecule has 0 unspecified atom stereocenters. The molecule has 1 saturated carbocycles. The van der Waals surface area contributed by atoms with Crippen LogP contribution < -0.4 is 5.32 Å². The third-order valence-corrected chi connectivity index (χ3v) is 5.78. The molecule has 1 aliphatic carbocycles. The largest absolute Gasteiger partial charge is 0.478 e. The fourth-order valence-electron chi connectivity index (χ4n) is 2.43. The molecule has 0 atom stereocenters. The lowest BCUT2D eigenvalue weighted by atomic mass is 9.93. The molecule has 2 aliphatic rings. The maximum absolute atomic E-state index is 12.3. The Morgan fingerprint density at radius 3 is 2.70 bits per heavy atom. The molecule has 0 bridgehead atoms. The van der Waals surface area contributed by atoms with Crippen LogP contribution in [-0.4, -0.2) is 32.1 Å². The van der Waals surface area contributed by atoms with Crippen molar-refractivity contribution in [3.05, 3.63) is 34.2 Å². The van der Waals surface area contributed by atoms with E-state index >= 15 is 0 Å². The van der Waals surface area contributed by atoms with Crippen molar-refractivity contribution in [2.45, 2.75) is 30.2 Å². The van der Waals surface area contributed by atoms with Crippen molar-refractivity contribution in [3.8, 4) is 0 Å². The minimum Gasteiger partial charge on any atom is -0.478 e. The molecule has 106 valence electrons. The van der Waals surface area contributed by atoms with Crippen LogP contribution in [0, 0.1) is 0 Å². The van der Waals surface area contributed by atoms with E-state index in [0.29, 0.717) is 23.1 Å². The summed E-state index contributed by atoms with van der Waals surface area (Å²) in [5.74, 6) is -1.06. The predicted molar refractivity (Wildman–Crippen MR) is 74.2 cm³/mol. The molecule has 1 heterocycles. The monoisotopic (exact) mass is 293 g/mol. The Kier molecular flexibility index (Phi) is 3.14. The van der Waals surface area contributed by atoms with Crippen LogP contribution in [0.2, 0.25) is 0 Å². The second kappa shape index (κ2) is 4.71. The Morgan fingerprint density at radius 2 is 2.10 bits per heavy atom. The third kappa shape index (κ3) is 2.14. The van der Waals surface area contributed by atoms with Gasteiger partial charge in [0.15, 0.2) is 0 Å². The van der Waals surface area contributed by atoms with Gasteiger partial charge >= 0.3 is 5.97 Å². The summed E-state index contributed by atoms with van der Waals surface area (Å²) in [5, 5.41) is 12.2. The highest BCUT2D eigenvalue weighted by atomic mass is 32.2. The summed E-state index contributed by atoms with van der Waals surface area (Å²) in [6, 6.07) is 4.52. The standard InChI is InChI=1S/C14H15NO4S/c16-14(17)9-4-5-13-10(6-9)7-12(20(13,18)19)8-15-11-2-1-3-11/h4-7,11,15H,1-3,8H2,(H,16,17). The summed E-state index contributed by atoms with van der Waals surface area (Å²) < 4.78 is 24.7. The molecule has 0 saturated heterocycles. The predicted octanol–water partition coefficient (Wildman–Crippen LogP) is 1.66. The zero-order valence-corrected chi connectivity index (χ0v) is 11.6. The van der Waals surface area contributed by atoms with E-state index in [2.05, 4.69) is 5.32 Å². The molecule has 0 aromatic heterocycles. The molecular formula is C14H15NO4S. The van der Waals surface area contributed by atoms with Gasteiger partial charge in [0.1, 0.15) is 0 Å². The number of aromatic carboxylic acids is 1. The van der Waals surface area contributed by atoms with E-state index in [4.69, 9.17) is 5.11 Å². The highest BCUT2D eigenvalue weighted by molar-refractivity contribution is 7.95. The Balaban J connectivity index is 1.88. The van der Waals surface area contributed by atoms with E-state index in [1.54, 1.807) is 6.08 Å². The summed E-state index contributed by atoms with van der Waals surface area (Å²) in [4.78, 5) is 11.4. The average molecular weight is 293 g/mol. The normalized spacial score (nSPS) is 20.1. The van der Waals surface area contributed by atoms with Gasteiger partial charge in [0.25, 0.3) is 0 Å². The average Bonchev–Trinajstić information content (AvgIpc) is 2.59. The van der Waals surface area contributed by atoms with Crippen molar-refractivity contribution in [2.24, 2.45) is 0 Å². The molecule has 0 radical (unpaired) electrons. The van der Waals surface area contributed by atoms with Gasteiger partial charge in [-0.05, 0) is 42.7 Å². The van der Waals surface area contributed by atoms with Crippen molar-refractivity contribution < 1.29 is 18.3 Å². The van der Waals surface area contributed by atoms with Crippen LogP contribution in [0.5, 0.6) is 0 Å². The summed E-state index contributed by atoms with van der Waals surface area (Å²) in [7, 11) is -3.46. The van der Waals surface area contributed by atoms with Crippen LogP contribution >= 0.6 is 0 Å². The van der Waals surface area contributed by atoms with Crippen LogP contribution in [0.1, 0.15) is 35.2 Å². The maximum Gasteiger partial charge on any atom is 0.335 e. The molecule has 0 spiro atoms. The Hall–Kier alpha value is -1.66. The van der Waals surface area contributed by atoms with Crippen molar-refractivity contribution in [2.75, 3.05) is 6.54 Å². The fraction of sp³-hybridized carbons (Fsp3) is 0.357. The number of carboxylic acid groups (broad SMARTS) is 1. The molecule has 3 rings (SSSR count). The SMILES string of the molecule is O=C(O)c1ccc2c(c1)C=C(CNC1CCC1)S2(=O)=O. The van der Waals surface area contributed by atoms with Crippen LogP contribution in [0.15, 0.2) is 28.0 Å². The van der Waals surface area contributed by atoms with Gasteiger partial charge in [-0.2, -0.15) is 0 Å². The van der Waals surface area contributed by atoms with Crippen LogP contribution in [0.3, 0.4) is 0 Å². The zero-order valence-electron chi connectivity index (χ0n) is 10.8. The highest BCUT2D eigenvalue weighted by Crippen LogP contribution is 2.33. The van der Waals surface area contributed by atoms with Crippen LogP contribution in [0.25, 0.3) is 6.08 Å². The van der Waals surface area contributed by atoms with E-state index < -0.39 is 15.8 Å². The lowest BCUT2D eigenvalue weighted by Gasteiger charge is -2.26. The summed E-state index contributed by atoms with van der Waals surface area (Å²) >= 11 is 0. The van der Waals surface area contributed by atoms with Gasteiger partial charge in [-0.3, -0.25) is 0 Å². The topological polar surface area (TPSA) is 83.5 Å². The molecule has 1 aromatic carbocycles. The van der Waals surface area contributed by atoms with Crippen LogP contribution in [-0.2, 0) is 9.84 Å². The lowest BCUT2D eigenvalue weighted by Crippen LogP contribution is -2.36. The van der Waals surface area contributed by atoms with Gasteiger partial charge in [-0.15, -0.1) is 0 Å². The number of carboxylic acids is 1. The molecule has 0 amide bonds. The smallest absolute Gasteiger partial charge is 0.335 e. The molecule has 5 nitrogen and oxygen atoms in total. The zero-order chi connectivity index (χ0) is 14.3. The number of benzene rings is 1. The summed E-state index contributed by atoms with van der Waals surface area (Å²) in [6.45, 7) is 0.310. The maximum atomic E-state index is 12.3. The van der Waals surface area contributed by atoms with Gasteiger partial charge in [0.05, 0.1) is 15.4 Å². The van der Waals surface area contributed by atoms with E-state index in [0.717, 1.165) is 12.8 Å². The molecule has 6 heteroatoms. The molecule has 1 aromatic rings. The van der Waals surface area contributed by atoms with E-state index in [-0.39, 0.29) is 10.5 Å². The van der Waals surface area contributed by atoms with E-state index in [1.165, 1.54) is 24.6 Å². The van der Waals surface area contributed by atoms with Gasteiger partial charge < -0.3 is 10.4 Å². The van der Waals surface area contributed by atoms with Crippen LogP contribution in [0.4, 0.5) is 0 Å². The van der Waals surface area contributed by atoms with Crippen molar-refractivity contribution in [1.29, 1.82) is 0 Å². The highest BCUT2D eigenvalue weighted by Gasteiger charge is 2.30. The van der Waals surface area contributed by atoms with Gasteiger partial charge in [-0.1, -0.05) is 6.42 Å². The molecule has 2 N–H and O–H groups in total. The van der Waals surface area contributed by atoms with Gasteiger partial charge in [-0.25, -0.2) is 13.2 Å². The van der Waals surface area contributed by atoms with E-state index in [1.807, 2.05) is 0 Å². The van der Waals surface area contributed by atoms with Crippen molar-refractivity contribution in [3.63, 3.8) is 0 Å². The van der Waals surface area contributed by atoms with Gasteiger partial charge in [0.2, 0.25) is 9.84 Å². The summed E-state index contributed by atoms with van der Waals surface area (Å²) in [6.07, 6.45) is 4.93. The number of fused-ring (bicyclic) bond motifs is 1. The minimum atomic E-state index is -3.46. The molecule has 1 fully saturated rings. The Morgan fingerprint density at radius 1 is 1.35 bits per heavy atom.